The molecule has 1 amide bonds. The third-order valence-corrected chi connectivity index (χ3v) is 4.07. The normalized spacial score (nSPS) is 10.4. The topological polar surface area (TPSA) is 67.8 Å². The van der Waals surface area contributed by atoms with Gasteiger partial charge in [0.05, 0.1) is 19.3 Å². The lowest BCUT2D eigenvalue weighted by Gasteiger charge is -2.13. The number of phenolic OH excluding ortho intramolecular Hbond substituents is 1. The second kappa shape index (κ2) is 10.3. The average Bonchev–Trinajstić information content (AvgIpc) is 2.66. The molecule has 0 heterocycles. The van der Waals surface area contributed by atoms with Crippen molar-refractivity contribution in [3.05, 3.63) is 53.6 Å². The highest BCUT2D eigenvalue weighted by molar-refractivity contribution is 5.97. The highest BCUT2D eigenvalue weighted by Crippen LogP contribution is 2.25. The third-order valence-electron chi connectivity index (χ3n) is 4.07. The van der Waals surface area contributed by atoms with E-state index in [1.165, 1.54) is 0 Å². The molecule has 0 fully saturated rings. The molecule has 0 aliphatic heterocycles. The van der Waals surface area contributed by atoms with Gasteiger partial charge in [-0.2, -0.15) is 0 Å². The minimum Gasteiger partial charge on any atom is -0.508 e. The van der Waals surface area contributed by atoms with E-state index in [1.807, 2.05) is 12.1 Å². The minimum absolute atomic E-state index is 0.170. The van der Waals surface area contributed by atoms with Crippen LogP contribution in [0.1, 0.15) is 42.1 Å². The molecular weight excluding hydrogens is 330 g/mol. The van der Waals surface area contributed by atoms with Gasteiger partial charge >= 0.3 is 0 Å². The molecule has 0 aliphatic carbocycles. The first-order valence-electron chi connectivity index (χ1n) is 9.01. The van der Waals surface area contributed by atoms with Crippen molar-refractivity contribution in [3.8, 4) is 17.2 Å². The van der Waals surface area contributed by atoms with Crippen LogP contribution < -0.4 is 14.8 Å². The smallest absolute Gasteiger partial charge is 0.255 e. The van der Waals surface area contributed by atoms with Gasteiger partial charge in [-0.3, -0.25) is 4.79 Å². The molecule has 140 valence electrons. The van der Waals surface area contributed by atoms with E-state index in [9.17, 15) is 9.90 Å². The van der Waals surface area contributed by atoms with Gasteiger partial charge in [0.2, 0.25) is 0 Å². The van der Waals surface area contributed by atoms with E-state index in [4.69, 9.17) is 9.47 Å². The summed E-state index contributed by atoms with van der Waals surface area (Å²) in [4.78, 5) is 12.5. The van der Waals surface area contributed by atoms with Crippen molar-refractivity contribution >= 4 is 5.91 Å². The second-order valence-electron chi connectivity index (χ2n) is 6.09. The molecule has 0 unspecified atom stereocenters. The second-order valence-corrected chi connectivity index (χ2v) is 6.09. The van der Waals surface area contributed by atoms with Gasteiger partial charge < -0.3 is 19.9 Å². The highest BCUT2D eigenvalue weighted by Gasteiger charge is 2.13. The molecule has 0 bridgehead atoms. The van der Waals surface area contributed by atoms with Crippen molar-refractivity contribution < 1.29 is 19.4 Å². The molecule has 2 rings (SSSR count). The Bertz CT molecular complexity index is 698. The molecule has 2 aromatic carbocycles. The lowest BCUT2D eigenvalue weighted by atomic mass is 10.1. The molecule has 0 radical (unpaired) electrons. The van der Waals surface area contributed by atoms with Crippen molar-refractivity contribution in [1.29, 1.82) is 0 Å². The number of rotatable bonds is 10. The van der Waals surface area contributed by atoms with Crippen molar-refractivity contribution in [3.63, 3.8) is 0 Å². The van der Waals surface area contributed by atoms with Gasteiger partial charge in [-0.1, -0.05) is 31.9 Å². The standard InChI is InChI=1S/C21H27NO4/c1-3-4-5-14-26-20-15-18(25-2)10-11-19(20)21(24)22-13-12-16-6-8-17(23)9-7-16/h6-11,15,23H,3-5,12-14H2,1-2H3,(H,22,24). The zero-order valence-corrected chi connectivity index (χ0v) is 15.5. The van der Waals surface area contributed by atoms with Crippen LogP contribution in [0.4, 0.5) is 0 Å². The maximum Gasteiger partial charge on any atom is 0.255 e. The number of benzene rings is 2. The summed E-state index contributed by atoms with van der Waals surface area (Å²) >= 11 is 0. The van der Waals surface area contributed by atoms with E-state index < -0.39 is 0 Å². The Hall–Kier alpha value is -2.69. The maximum atomic E-state index is 12.5. The molecule has 0 saturated carbocycles. The highest BCUT2D eigenvalue weighted by atomic mass is 16.5. The number of carbonyl (C=O) groups excluding carboxylic acids is 1. The molecule has 0 saturated heterocycles. The lowest BCUT2D eigenvalue weighted by molar-refractivity contribution is 0.0950. The summed E-state index contributed by atoms with van der Waals surface area (Å²) in [5.41, 5.74) is 1.56. The molecule has 0 atom stereocenters. The van der Waals surface area contributed by atoms with Crippen LogP contribution in [0.2, 0.25) is 0 Å². The lowest BCUT2D eigenvalue weighted by Crippen LogP contribution is -2.26. The number of hydrogen-bond donors (Lipinski definition) is 2. The summed E-state index contributed by atoms with van der Waals surface area (Å²) in [6, 6.07) is 12.2. The third kappa shape index (κ3) is 5.99. The summed E-state index contributed by atoms with van der Waals surface area (Å²) in [6.45, 7) is 3.22. The molecular formula is C21H27NO4. The van der Waals surface area contributed by atoms with E-state index in [2.05, 4.69) is 12.2 Å². The first-order valence-corrected chi connectivity index (χ1v) is 9.01. The Kier molecular flexibility index (Phi) is 7.80. The fourth-order valence-electron chi connectivity index (χ4n) is 2.55. The monoisotopic (exact) mass is 357 g/mol. The van der Waals surface area contributed by atoms with Gasteiger partial charge in [-0.15, -0.1) is 0 Å². The van der Waals surface area contributed by atoms with Crippen LogP contribution in [-0.4, -0.2) is 31.3 Å². The number of amides is 1. The van der Waals surface area contributed by atoms with Crippen LogP contribution in [0.3, 0.4) is 0 Å². The van der Waals surface area contributed by atoms with Crippen LogP contribution in [-0.2, 0) is 6.42 Å². The largest absolute Gasteiger partial charge is 0.508 e. The average molecular weight is 357 g/mol. The number of ether oxygens (including phenoxy) is 2. The van der Waals surface area contributed by atoms with Gasteiger partial charge in [-0.25, -0.2) is 0 Å². The van der Waals surface area contributed by atoms with Crippen molar-refractivity contribution in [2.45, 2.75) is 32.6 Å². The molecule has 0 spiro atoms. The first kappa shape index (κ1) is 19.6. The Morgan fingerprint density at radius 1 is 1.12 bits per heavy atom. The zero-order chi connectivity index (χ0) is 18.8. The zero-order valence-electron chi connectivity index (χ0n) is 15.5. The summed E-state index contributed by atoms with van der Waals surface area (Å²) < 4.78 is 11.0. The quantitative estimate of drug-likeness (QED) is 0.632. The molecule has 5 nitrogen and oxygen atoms in total. The molecule has 5 heteroatoms. The van der Waals surface area contributed by atoms with Crippen LogP contribution in [0.15, 0.2) is 42.5 Å². The summed E-state index contributed by atoms with van der Waals surface area (Å²) in [7, 11) is 1.59. The van der Waals surface area contributed by atoms with Crippen LogP contribution in [0.5, 0.6) is 17.2 Å². The number of carbonyl (C=O) groups is 1. The fourth-order valence-corrected chi connectivity index (χ4v) is 2.55. The number of hydrogen-bond acceptors (Lipinski definition) is 4. The van der Waals surface area contributed by atoms with E-state index in [0.717, 1.165) is 24.8 Å². The van der Waals surface area contributed by atoms with Crippen LogP contribution >= 0.6 is 0 Å². The predicted octanol–water partition coefficient (Wildman–Crippen LogP) is 3.94. The van der Waals surface area contributed by atoms with E-state index in [-0.39, 0.29) is 11.7 Å². The van der Waals surface area contributed by atoms with Gasteiger partial charge in [0, 0.05) is 12.6 Å². The van der Waals surface area contributed by atoms with Crippen molar-refractivity contribution in [1.82, 2.24) is 5.32 Å². The predicted molar refractivity (Wildman–Crippen MR) is 102 cm³/mol. The van der Waals surface area contributed by atoms with Gasteiger partial charge in [0.1, 0.15) is 17.2 Å². The van der Waals surface area contributed by atoms with Crippen molar-refractivity contribution in [2.75, 3.05) is 20.3 Å². The van der Waals surface area contributed by atoms with Crippen LogP contribution in [0, 0.1) is 0 Å². The fraction of sp³-hybridized carbons (Fsp3) is 0.381. The number of unbranched alkanes of at least 4 members (excludes halogenated alkanes) is 2. The summed E-state index contributed by atoms with van der Waals surface area (Å²) in [5.74, 6) is 1.27. The maximum absolute atomic E-state index is 12.5. The summed E-state index contributed by atoms with van der Waals surface area (Å²) in [5, 5.41) is 12.2. The SMILES string of the molecule is CCCCCOc1cc(OC)ccc1C(=O)NCCc1ccc(O)cc1. The number of aromatic hydroxyl groups is 1. The van der Waals surface area contributed by atoms with E-state index in [1.54, 1.807) is 37.4 Å². The van der Waals surface area contributed by atoms with Gasteiger partial charge in [0.25, 0.3) is 5.91 Å². The van der Waals surface area contributed by atoms with Gasteiger partial charge in [-0.05, 0) is 42.7 Å². The van der Waals surface area contributed by atoms with E-state index in [0.29, 0.717) is 36.6 Å². The Labute approximate surface area is 155 Å². The number of nitrogens with one attached hydrogen (secondary N) is 1. The van der Waals surface area contributed by atoms with Gasteiger partial charge in [0.15, 0.2) is 0 Å². The molecule has 2 N–H and O–H groups in total. The molecule has 0 aromatic heterocycles. The summed E-state index contributed by atoms with van der Waals surface area (Å²) in [6.07, 6.45) is 3.86. The molecule has 26 heavy (non-hydrogen) atoms. The first-order chi connectivity index (χ1) is 12.6. The minimum atomic E-state index is -0.170. The van der Waals surface area contributed by atoms with Crippen LogP contribution in [0.25, 0.3) is 0 Å². The molecule has 2 aromatic rings. The Morgan fingerprint density at radius 3 is 2.58 bits per heavy atom. The number of methoxy groups -OCH3 is 1. The van der Waals surface area contributed by atoms with Crippen molar-refractivity contribution in [2.24, 2.45) is 0 Å². The van der Waals surface area contributed by atoms with E-state index >= 15 is 0 Å². The Balaban J connectivity index is 1.96. The number of phenols is 1. The molecule has 0 aliphatic rings. The Morgan fingerprint density at radius 2 is 1.88 bits per heavy atom.